The average molecular weight is 197 g/mol. The lowest BCUT2D eigenvalue weighted by Crippen LogP contribution is -2.35. The van der Waals surface area contributed by atoms with E-state index in [1.807, 2.05) is 0 Å². The summed E-state index contributed by atoms with van der Waals surface area (Å²) >= 11 is 0. The van der Waals surface area contributed by atoms with Crippen LogP contribution in [0, 0.1) is 11.8 Å². The molecule has 1 heteroatoms. The van der Waals surface area contributed by atoms with Gasteiger partial charge in [0.2, 0.25) is 0 Å². The number of rotatable bonds is 6. The Kier molecular flexibility index (Phi) is 5.54. The molecular weight excluding hydrogens is 170 g/mol. The van der Waals surface area contributed by atoms with E-state index in [2.05, 4.69) is 26.1 Å². The molecule has 0 radical (unpaired) electrons. The average Bonchev–Trinajstić information content (AvgIpc) is 2.69. The van der Waals surface area contributed by atoms with E-state index in [-0.39, 0.29) is 0 Å². The largest absolute Gasteiger partial charge is 0.314 e. The zero-order valence-electron chi connectivity index (χ0n) is 10.2. The molecule has 1 rings (SSSR count). The summed E-state index contributed by atoms with van der Waals surface area (Å²) in [5, 5.41) is 3.73. The fraction of sp³-hybridized carbons (Fsp3) is 1.00. The first-order chi connectivity index (χ1) is 6.77. The van der Waals surface area contributed by atoms with Crippen molar-refractivity contribution in [2.24, 2.45) is 11.8 Å². The summed E-state index contributed by atoms with van der Waals surface area (Å²) in [5.41, 5.74) is 0. The van der Waals surface area contributed by atoms with E-state index >= 15 is 0 Å². The van der Waals surface area contributed by atoms with Crippen LogP contribution in [-0.2, 0) is 0 Å². The predicted octanol–water partition coefficient (Wildman–Crippen LogP) is 3.59. The van der Waals surface area contributed by atoms with Crippen molar-refractivity contribution in [2.75, 3.05) is 6.54 Å². The first-order valence-electron chi connectivity index (χ1n) is 6.51. The van der Waals surface area contributed by atoms with E-state index < -0.39 is 0 Å². The van der Waals surface area contributed by atoms with Gasteiger partial charge in [-0.2, -0.15) is 0 Å². The number of nitrogens with one attached hydrogen (secondary N) is 1. The monoisotopic (exact) mass is 197 g/mol. The second-order valence-corrected chi connectivity index (χ2v) is 4.92. The van der Waals surface area contributed by atoms with Crippen LogP contribution in [0.5, 0.6) is 0 Å². The van der Waals surface area contributed by atoms with Crippen molar-refractivity contribution in [3.63, 3.8) is 0 Å². The molecule has 0 aliphatic heterocycles. The van der Waals surface area contributed by atoms with Crippen molar-refractivity contribution >= 4 is 0 Å². The second kappa shape index (κ2) is 6.44. The van der Waals surface area contributed by atoms with Crippen LogP contribution in [-0.4, -0.2) is 12.6 Å². The van der Waals surface area contributed by atoms with Gasteiger partial charge in [-0.25, -0.2) is 0 Å². The van der Waals surface area contributed by atoms with Crippen molar-refractivity contribution in [3.05, 3.63) is 0 Å². The summed E-state index contributed by atoms with van der Waals surface area (Å²) in [4.78, 5) is 0. The SMILES string of the molecule is CCC(CC)C(C)NCC1CCCC1. The standard InChI is InChI=1S/C13H27N/c1-4-13(5-2)11(3)14-10-12-8-6-7-9-12/h11-14H,4-10H2,1-3H3. The highest BCUT2D eigenvalue weighted by Crippen LogP contribution is 2.24. The van der Waals surface area contributed by atoms with E-state index in [0.29, 0.717) is 6.04 Å². The second-order valence-electron chi connectivity index (χ2n) is 4.92. The molecule has 1 nitrogen and oxygen atoms in total. The minimum Gasteiger partial charge on any atom is -0.314 e. The van der Waals surface area contributed by atoms with Crippen molar-refractivity contribution in [3.8, 4) is 0 Å². The van der Waals surface area contributed by atoms with E-state index in [4.69, 9.17) is 0 Å². The van der Waals surface area contributed by atoms with Crippen molar-refractivity contribution in [1.82, 2.24) is 5.32 Å². The molecule has 14 heavy (non-hydrogen) atoms. The fourth-order valence-corrected chi connectivity index (χ4v) is 2.73. The maximum absolute atomic E-state index is 3.73. The smallest absolute Gasteiger partial charge is 0.00669 e. The third-order valence-electron chi connectivity index (χ3n) is 3.96. The summed E-state index contributed by atoms with van der Waals surface area (Å²) < 4.78 is 0. The lowest BCUT2D eigenvalue weighted by molar-refractivity contribution is 0.332. The van der Waals surface area contributed by atoms with Gasteiger partial charge >= 0.3 is 0 Å². The van der Waals surface area contributed by atoms with Crippen LogP contribution in [0.25, 0.3) is 0 Å². The highest BCUT2D eigenvalue weighted by atomic mass is 14.9. The molecule has 0 aromatic heterocycles. The Morgan fingerprint density at radius 1 is 1.14 bits per heavy atom. The van der Waals surface area contributed by atoms with Crippen molar-refractivity contribution in [1.29, 1.82) is 0 Å². The summed E-state index contributed by atoms with van der Waals surface area (Å²) in [7, 11) is 0. The maximum Gasteiger partial charge on any atom is 0.00669 e. The van der Waals surface area contributed by atoms with Gasteiger partial charge in [-0.1, -0.05) is 39.5 Å². The summed E-state index contributed by atoms with van der Waals surface area (Å²) in [6, 6.07) is 0.714. The highest BCUT2D eigenvalue weighted by molar-refractivity contribution is 4.74. The van der Waals surface area contributed by atoms with E-state index in [0.717, 1.165) is 11.8 Å². The van der Waals surface area contributed by atoms with Gasteiger partial charge in [-0.3, -0.25) is 0 Å². The molecule has 1 N–H and O–H groups in total. The van der Waals surface area contributed by atoms with Gasteiger partial charge in [0.1, 0.15) is 0 Å². The van der Waals surface area contributed by atoms with Gasteiger partial charge < -0.3 is 5.32 Å². The van der Waals surface area contributed by atoms with Crippen LogP contribution in [0.15, 0.2) is 0 Å². The topological polar surface area (TPSA) is 12.0 Å². The number of hydrogen-bond acceptors (Lipinski definition) is 1. The zero-order valence-corrected chi connectivity index (χ0v) is 10.2. The molecule has 0 spiro atoms. The van der Waals surface area contributed by atoms with Gasteiger partial charge in [0.15, 0.2) is 0 Å². The predicted molar refractivity (Wildman–Crippen MR) is 63.5 cm³/mol. The first-order valence-corrected chi connectivity index (χ1v) is 6.51. The highest BCUT2D eigenvalue weighted by Gasteiger charge is 2.17. The van der Waals surface area contributed by atoms with Gasteiger partial charge in [-0.05, 0) is 38.1 Å². The van der Waals surface area contributed by atoms with E-state index in [1.165, 1.54) is 45.1 Å². The molecule has 84 valence electrons. The molecule has 1 aliphatic carbocycles. The van der Waals surface area contributed by atoms with Gasteiger partial charge in [0, 0.05) is 6.04 Å². The third kappa shape index (κ3) is 3.61. The molecule has 0 saturated heterocycles. The Balaban J connectivity index is 2.15. The minimum atomic E-state index is 0.714. The molecule has 0 amide bonds. The Bertz CT molecular complexity index is 134. The molecule has 0 bridgehead atoms. The van der Waals surface area contributed by atoms with Crippen LogP contribution in [0.4, 0.5) is 0 Å². The molecule has 1 aliphatic rings. The lowest BCUT2D eigenvalue weighted by Gasteiger charge is -2.24. The summed E-state index contributed by atoms with van der Waals surface area (Å²) in [5.74, 6) is 1.85. The van der Waals surface area contributed by atoms with Crippen LogP contribution in [0.1, 0.15) is 59.3 Å². The molecule has 1 atom stereocenters. The van der Waals surface area contributed by atoms with Crippen molar-refractivity contribution < 1.29 is 0 Å². The molecule has 0 aromatic carbocycles. The van der Waals surface area contributed by atoms with E-state index in [9.17, 15) is 0 Å². The molecular formula is C13H27N. The van der Waals surface area contributed by atoms with Crippen LogP contribution >= 0.6 is 0 Å². The Hall–Kier alpha value is -0.0400. The van der Waals surface area contributed by atoms with Gasteiger partial charge in [-0.15, -0.1) is 0 Å². The van der Waals surface area contributed by atoms with Crippen LogP contribution in [0.3, 0.4) is 0 Å². The molecule has 1 fully saturated rings. The lowest BCUT2D eigenvalue weighted by atomic mass is 9.95. The van der Waals surface area contributed by atoms with Crippen LogP contribution in [0.2, 0.25) is 0 Å². The van der Waals surface area contributed by atoms with Gasteiger partial charge in [0.05, 0.1) is 0 Å². The number of hydrogen-bond donors (Lipinski definition) is 1. The molecule has 1 unspecified atom stereocenters. The maximum atomic E-state index is 3.73. The Labute approximate surface area is 89.7 Å². The summed E-state index contributed by atoms with van der Waals surface area (Å²) in [6.07, 6.45) is 8.48. The quantitative estimate of drug-likeness (QED) is 0.686. The molecule has 0 heterocycles. The Morgan fingerprint density at radius 2 is 1.71 bits per heavy atom. The fourth-order valence-electron chi connectivity index (χ4n) is 2.73. The molecule has 0 aromatic rings. The van der Waals surface area contributed by atoms with Crippen molar-refractivity contribution in [2.45, 2.75) is 65.3 Å². The third-order valence-corrected chi connectivity index (χ3v) is 3.96. The summed E-state index contributed by atoms with van der Waals surface area (Å²) in [6.45, 7) is 8.23. The van der Waals surface area contributed by atoms with Gasteiger partial charge in [0.25, 0.3) is 0 Å². The van der Waals surface area contributed by atoms with E-state index in [1.54, 1.807) is 0 Å². The minimum absolute atomic E-state index is 0.714. The molecule has 1 saturated carbocycles. The van der Waals surface area contributed by atoms with Crippen LogP contribution < -0.4 is 5.32 Å². The first kappa shape index (κ1) is 12.0. The normalized spacial score (nSPS) is 20.6. The Morgan fingerprint density at radius 3 is 2.21 bits per heavy atom. The zero-order chi connectivity index (χ0) is 10.4.